The van der Waals surface area contributed by atoms with E-state index < -0.39 is 36.5 Å². The van der Waals surface area contributed by atoms with Crippen molar-refractivity contribution in [3.05, 3.63) is 33.2 Å². The molecule has 1 unspecified atom stereocenters. The average Bonchev–Trinajstić information content (AvgIpc) is 3.31. The second kappa shape index (κ2) is 5.78. The smallest absolute Gasteiger partial charge is 0.351 e. The fourth-order valence-electron chi connectivity index (χ4n) is 2.40. The molecule has 10 nitrogen and oxygen atoms in total. The minimum absolute atomic E-state index is 0.295. The molecule has 11 heteroatoms. The van der Waals surface area contributed by atoms with E-state index in [-0.39, 0.29) is 0 Å². The molecule has 0 bridgehead atoms. The van der Waals surface area contributed by atoms with Crippen molar-refractivity contribution in [2.24, 2.45) is 5.11 Å². The van der Waals surface area contributed by atoms with Gasteiger partial charge in [-0.2, -0.15) is 4.98 Å². The van der Waals surface area contributed by atoms with Gasteiger partial charge in [0.05, 0.1) is 6.61 Å². The molecule has 4 atom stereocenters. The van der Waals surface area contributed by atoms with E-state index in [0.717, 1.165) is 17.4 Å². The molecule has 1 aliphatic carbocycles. The Balaban J connectivity index is 1.89. The number of azide groups is 1. The van der Waals surface area contributed by atoms with Gasteiger partial charge in [0.15, 0.2) is 12.4 Å². The number of nitrogens with one attached hydrogen (secondary N) is 1. The molecule has 3 N–H and O–H groups in total. The lowest BCUT2D eigenvalue weighted by molar-refractivity contribution is -0.124. The maximum Gasteiger partial charge on any atom is 0.351 e. The minimum Gasteiger partial charge on any atom is -0.393 e. The third kappa shape index (κ3) is 2.75. The highest BCUT2D eigenvalue weighted by atomic mass is 19.1. The van der Waals surface area contributed by atoms with Crippen LogP contribution < -0.4 is 11.0 Å². The van der Waals surface area contributed by atoms with Crippen molar-refractivity contribution in [3.63, 3.8) is 0 Å². The Bertz CT molecular complexity index is 703. The summed E-state index contributed by atoms with van der Waals surface area (Å²) in [6.07, 6.45) is -2.27. The van der Waals surface area contributed by atoms with Gasteiger partial charge >= 0.3 is 5.69 Å². The monoisotopic (exact) mass is 326 g/mol. The van der Waals surface area contributed by atoms with Crippen molar-refractivity contribution in [1.82, 2.24) is 9.55 Å². The van der Waals surface area contributed by atoms with Gasteiger partial charge in [-0.3, -0.25) is 4.57 Å². The molecule has 2 aliphatic rings. The highest BCUT2D eigenvalue weighted by Crippen LogP contribution is 2.39. The SMILES string of the molecule is [N-]=[N+]=NC1(CO)O[C@@H](n2ccc(NC3CC3)nc2=O)[C@@H](F)[C@@H]1O. The molecular weight excluding hydrogens is 311 g/mol. The summed E-state index contributed by atoms with van der Waals surface area (Å²) in [5, 5.41) is 25.3. The van der Waals surface area contributed by atoms with Crippen LogP contribution in [0.2, 0.25) is 0 Å². The van der Waals surface area contributed by atoms with Crippen LogP contribution in [-0.2, 0) is 4.74 Å². The standard InChI is InChI=1S/C12H15FN6O4/c13-8-9(21)12(5-20,17-18-14)23-10(8)19-4-3-7(16-11(19)22)15-6-1-2-6/h3-4,6,8-10,20-21H,1-2,5H2,(H,15,16,22)/t8-,9-,10+,12?/m0/s1. The van der Waals surface area contributed by atoms with Crippen molar-refractivity contribution >= 4 is 5.82 Å². The van der Waals surface area contributed by atoms with Gasteiger partial charge in [0, 0.05) is 17.2 Å². The molecule has 0 amide bonds. The number of aromatic nitrogens is 2. The first kappa shape index (κ1) is 15.7. The Morgan fingerprint density at radius 1 is 1.65 bits per heavy atom. The van der Waals surface area contributed by atoms with Crippen LogP contribution in [-0.4, -0.2) is 50.4 Å². The molecule has 3 rings (SSSR count). The van der Waals surface area contributed by atoms with Crippen LogP contribution in [0.25, 0.3) is 10.4 Å². The molecule has 0 aromatic carbocycles. The summed E-state index contributed by atoms with van der Waals surface area (Å²) in [5.41, 5.74) is 5.54. The van der Waals surface area contributed by atoms with Crippen LogP contribution in [0.5, 0.6) is 0 Å². The number of hydrogen-bond acceptors (Lipinski definition) is 7. The number of alkyl halides is 1. The molecule has 0 spiro atoms. The molecule has 2 heterocycles. The number of aliphatic hydroxyl groups excluding tert-OH is 2. The van der Waals surface area contributed by atoms with Gasteiger partial charge in [-0.15, -0.1) is 0 Å². The lowest BCUT2D eigenvalue weighted by Gasteiger charge is -2.23. The third-order valence-corrected chi connectivity index (χ3v) is 3.84. The fraction of sp³-hybridized carbons (Fsp3) is 0.667. The van der Waals surface area contributed by atoms with E-state index in [4.69, 9.17) is 10.3 Å². The zero-order valence-corrected chi connectivity index (χ0v) is 11.9. The number of ether oxygens (including phenoxy) is 1. The number of rotatable bonds is 5. The van der Waals surface area contributed by atoms with E-state index >= 15 is 0 Å². The molecule has 1 saturated carbocycles. The molecule has 1 aliphatic heterocycles. The number of aliphatic hydroxyl groups is 2. The van der Waals surface area contributed by atoms with Crippen molar-refractivity contribution in [2.45, 2.75) is 43.1 Å². The van der Waals surface area contributed by atoms with E-state index in [1.807, 2.05) is 0 Å². The van der Waals surface area contributed by atoms with E-state index in [0.29, 0.717) is 11.9 Å². The van der Waals surface area contributed by atoms with E-state index in [1.54, 1.807) is 0 Å². The minimum atomic E-state index is -2.18. The van der Waals surface area contributed by atoms with Crippen LogP contribution in [0, 0.1) is 0 Å². The summed E-state index contributed by atoms with van der Waals surface area (Å²) in [6, 6.07) is 1.78. The first-order chi connectivity index (χ1) is 11.0. The number of halogens is 1. The Kier molecular flexibility index (Phi) is 3.94. The highest BCUT2D eigenvalue weighted by Gasteiger charge is 2.56. The normalized spacial score (nSPS) is 33.3. The third-order valence-electron chi connectivity index (χ3n) is 3.84. The first-order valence-electron chi connectivity index (χ1n) is 7.03. The topological polar surface area (TPSA) is 145 Å². The lowest BCUT2D eigenvalue weighted by atomic mass is 10.1. The van der Waals surface area contributed by atoms with Crippen LogP contribution in [0.15, 0.2) is 22.2 Å². The molecule has 1 saturated heterocycles. The number of hydrogen-bond donors (Lipinski definition) is 3. The Morgan fingerprint density at radius 2 is 2.39 bits per heavy atom. The highest BCUT2D eigenvalue weighted by molar-refractivity contribution is 5.35. The Hall–Kier alpha value is -2.20. The quantitative estimate of drug-likeness (QED) is 0.396. The summed E-state index contributed by atoms with van der Waals surface area (Å²) in [6.45, 7) is -0.932. The summed E-state index contributed by atoms with van der Waals surface area (Å²) < 4.78 is 20.3. The van der Waals surface area contributed by atoms with E-state index in [2.05, 4.69) is 20.3 Å². The zero-order chi connectivity index (χ0) is 16.6. The van der Waals surface area contributed by atoms with Gasteiger partial charge in [0.1, 0.15) is 11.9 Å². The second-order valence-corrected chi connectivity index (χ2v) is 5.51. The summed E-state index contributed by atoms with van der Waals surface area (Å²) in [5.74, 6) is 0.367. The Labute approximate surface area is 129 Å². The van der Waals surface area contributed by atoms with Crippen molar-refractivity contribution in [3.8, 4) is 0 Å². The summed E-state index contributed by atoms with van der Waals surface area (Å²) in [7, 11) is 0. The van der Waals surface area contributed by atoms with Crippen molar-refractivity contribution in [1.29, 1.82) is 0 Å². The summed E-state index contributed by atoms with van der Waals surface area (Å²) in [4.78, 5) is 18.3. The van der Waals surface area contributed by atoms with Gasteiger partial charge in [0.25, 0.3) is 0 Å². The molecule has 23 heavy (non-hydrogen) atoms. The number of anilines is 1. The van der Waals surface area contributed by atoms with Gasteiger partial charge in [-0.1, -0.05) is 5.11 Å². The van der Waals surface area contributed by atoms with Crippen LogP contribution in [0.1, 0.15) is 19.1 Å². The molecule has 1 aromatic heterocycles. The average molecular weight is 326 g/mol. The predicted octanol–water partition coefficient (Wildman–Crippen LogP) is 0.0443. The molecule has 1 aromatic rings. The summed E-state index contributed by atoms with van der Waals surface area (Å²) >= 11 is 0. The molecule has 0 radical (unpaired) electrons. The van der Waals surface area contributed by atoms with Crippen LogP contribution in [0.3, 0.4) is 0 Å². The predicted molar refractivity (Wildman–Crippen MR) is 75.1 cm³/mol. The van der Waals surface area contributed by atoms with Crippen molar-refractivity contribution in [2.75, 3.05) is 11.9 Å². The van der Waals surface area contributed by atoms with E-state index in [9.17, 15) is 19.4 Å². The molecular formula is C12H15FN6O4. The fourth-order valence-corrected chi connectivity index (χ4v) is 2.40. The molecule has 2 fully saturated rings. The molecule has 124 valence electrons. The van der Waals surface area contributed by atoms with E-state index in [1.165, 1.54) is 12.3 Å². The van der Waals surface area contributed by atoms with Gasteiger partial charge < -0.3 is 20.3 Å². The van der Waals surface area contributed by atoms with Gasteiger partial charge in [-0.25, -0.2) is 9.18 Å². The lowest BCUT2D eigenvalue weighted by Crippen LogP contribution is -2.43. The maximum absolute atomic E-state index is 14.3. The Morgan fingerprint density at radius 3 is 2.96 bits per heavy atom. The largest absolute Gasteiger partial charge is 0.393 e. The zero-order valence-electron chi connectivity index (χ0n) is 11.9. The first-order valence-corrected chi connectivity index (χ1v) is 7.03. The van der Waals surface area contributed by atoms with Crippen LogP contribution in [0.4, 0.5) is 10.2 Å². The van der Waals surface area contributed by atoms with Gasteiger partial charge in [0.2, 0.25) is 5.72 Å². The van der Waals surface area contributed by atoms with Crippen LogP contribution >= 0.6 is 0 Å². The maximum atomic E-state index is 14.3. The van der Waals surface area contributed by atoms with Crippen molar-refractivity contribution < 1.29 is 19.3 Å². The number of nitrogens with zero attached hydrogens (tertiary/aromatic N) is 5. The van der Waals surface area contributed by atoms with Gasteiger partial charge in [-0.05, 0) is 24.4 Å². The second-order valence-electron chi connectivity index (χ2n) is 5.51.